The summed E-state index contributed by atoms with van der Waals surface area (Å²) in [5.41, 5.74) is -1.93. The Labute approximate surface area is 119 Å². The van der Waals surface area contributed by atoms with Gasteiger partial charge in [-0.2, -0.15) is 0 Å². The second-order valence-electron chi connectivity index (χ2n) is 4.63. The standard InChI is InChI=1S/C13H14FN3O4/c1-13(20,12(18)19)5-15-11-7-3-4-8(21-2)9(14)10(7)16-6-17-11/h3-4,6,20H,5H2,1-2H3,(H,18,19)(H,15,16,17). The molecule has 0 radical (unpaired) electrons. The molecule has 0 aliphatic heterocycles. The van der Waals surface area contributed by atoms with Crippen molar-refractivity contribution in [3.63, 3.8) is 0 Å². The molecule has 0 fully saturated rings. The lowest BCUT2D eigenvalue weighted by molar-refractivity contribution is -0.155. The van der Waals surface area contributed by atoms with Gasteiger partial charge in [0, 0.05) is 5.39 Å². The molecule has 0 aliphatic rings. The van der Waals surface area contributed by atoms with E-state index in [1.165, 1.54) is 13.2 Å². The van der Waals surface area contributed by atoms with E-state index in [1.807, 2.05) is 0 Å². The van der Waals surface area contributed by atoms with E-state index < -0.39 is 17.4 Å². The summed E-state index contributed by atoms with van der Waals surface area (Å²) in [4.78, 5) is 18.6. The molecule has 2 rings (SSSR count). The van der Waals surface area contributed by atoms with Gasteiger partial charge in [0.15, 0.2) is 17.2 Å². The van der Waals surface area contributed by atoms with Crippen LogP contribution in [0.2, 0.25) is 0 Å². The van der Waals surface area contributed by atoms with Gasteiger partial charge in [0.1, 0.15) is 17.7 Å². The molecular weight excluding hydrogens is 281 g/mol. The van der Waals surface area contributed by atoms with Gasteiger partial charge in [-0.15, -0.1) is 0 Å². The molecule has 1 unspecified atom stereocenters. The van der Waals surface area contributed by atoms with Gasteiger partial charge in [0.25, 0.3) is 0 Å². The van der Waals surface area contributed by atoms with Crippen LogP contribution in [0.1, 0.15) is 6.92 Å². The maximum absolute atomic E-state index is 14.1. The molecule has 21 heavy (non-hydrogen) atoms. The van der Waals surface area contributed by atoms with Crippen molar-refractivity contribution in [2.24, 2.45) is 0 Å². The number of halogens is 1. The summed E-state index contributed by atoms with van der Waals surface area (Å²) in [5, 5.41) is 21.6. The van der Waals surface area contributed by atoms with E-state index in [0.29, 0.717) is 5.39 Å². The minimum absolute atomic E-state index is 0.0433. The van der Waals surface area contributed by atoms with Gasteiger partial charge in [-0.05, 0) is 19.1 Å². The van der Waals surface area contributed by atoms with Crippen molar-refractivity contribution < 1.29 is 24.1 Å². The van der Waals surface area contributed by atoms with Gasteiger partial charge in [-0.1, -0.05) is 0 Å². The van der Waals surface area contributed by atoms with Crippen molar-refractivity contribution in [3.05, 3.63) is 24.3 Å². The molecule has 112 valence electrons. The molecule has 1 atom stereocenters. The monoisotopic (exact) mass is 295 g/mol. The number of aromatic nitrogens is 2. The summed E-state index contributed by atoms with van der Waals surface area (Å²) in [6, 6.07) is 2.97. The van der Waals surface area contributed by atoms with Crippen LogP contribution in [0.4, 0.5) is 10.2 Å². The number of methoxy groups -OCH3 is 1. The van der Waals surface area contributed by atoms with Crippen LogP contribution >= 0.6 is 0 Å². The van der Waals surface area contributed by atoms with Crippen molar-refractivity contribution in [1.29, 1.82) is 0 Å². The van der Waals surface area contributed by atoms with Crippen LogP contribution in [-0.2, 0) is 4.79 Å². The Morgan fingerprint density at radius 2 is 2.19 bits per heavy atom. The second-order valence-corrected chi connectivity index (χ2v) is 4.63. The van der Waals surface area contributed by atoms with Crippen LogP contribution in [-0.4, -0.2) is 45.4 Å². The lowest BCUT2D eigenvalue weighted by atomic mass is 10.1. The molecule has 0 aliphatic carbocycles. The average molecular weight is 295 g/mol. The number of nitrogens with zero attached hydrogens (tertiary/aromatic N) is 2. The first-order chi connectivity index (χ1) is 9.86. The van der Waals surface area contributed by atoms with Crippen LogP contribution in [0.5, 0.6) is 5.75 Å². The molecular formula is C13H14FN3O4. The first-order valence-corrected chi connectivity index (χ1v) is 6.03. The number of aliphatic carboxylic acids is 1. The number of fused-ring (bicyclic) bond motifs is 1. The quantitative estimate of drug-likeness (QED) is 0.756. The van der Waals surface area contributed by atoms with E-state index in [4.69, 9.17) is 9.84 Å². The van der Waals surface area contributed by atoms with Gasteiger partial charge < -0.3 is 20.3 Å². The SMILES string of the molecule is COc1ccc2c(NCC(C)(O)C(=O)O)ncnc2c1F. The molecule has 0 saturated heterocycles. The fraction of sp³-hybridized carbons (Fsp3) is 0.308. The summed E-state index contributed by atoms with van der Waals surface area (Å²) >= 11 is 0. The zero-order valence-electron chi connectivity index (χ0n) is 11.4. The minimum atomic E-state index is -1.97. The smallest absolute Gasteiger partial charge is 0.337 e. The van der Waals surface area contributed by atoms with Crippen molar-refractivity contribution in [1.82, 2.24) is 9.97 Å². The molecule has 2 aromatic rings. The van der Waals surface area contributed by atoms with Crippen molar-refractivity contribution in [3.8, 4) is 5.75 Å². The Kier molecular flexibility index (Phi) is 3.90. The Morgan fingerprint density at radius 3 is 2.81 bits per heavy atom. The molecule has 0 spiro atoms. The molecule has 1 aromatic carbocycles. The summed E-state index contributed by atoms with van der Waals surface area (Å²) < 4.78 is 18.9. The number of hydrogen-bond donors (Lipinski definition) is 3. The minimum Gasteiger partial charge on any atom is -0.494 e. The summed E-state index contributed by atoms with van der Waals surface area (Å²) in [6.45, 7) is 0.859. The predicted octanol–water partition coefficient (Wildman–Crippen LogP) is 1.02. The van der Waals surface area contributed by atoms with E-state index in [0.717, 1.165) is 13.3 Å². The third kappa shape index (κ3) is 2.84. The molecule has 0 saturated carbocycles. The number of ether oxygens (including phenoxy) is 1. The number of carbonyl (C=O) groups is 1. The second kappa shape index (κ2) is 5.49. The normalized spacial score (nSPS) is 13.7. The van der Waals surface area contributed by atoms with E-state index in [-0.39, 0.29) is 23.6 Å². The number of rotatable bonds is 5. The van der Waals surface area contributed by atoms with E-state index in [1.54, 1.807) is 6.07 Å². The lowest BCUT2D eigenvalue weighted by Gasteiger charge is -2.19. The fourth-order valence-corrected chi connectivity index (χ4v) is 1.71. The van der Waals surface area contributed by atoms with Crippen LogP contribution in [0.25, 0.3) is 10.9 Å². The highest BCUT2D eigenvalue weighted by Gasteiger charge is 2.30. The maximum atomic E-state index is 14.1. The van der Waals surface area contributed by atoms with Crippen LogP contribution in [0, 0.1) is 5.82 Å². The highest BCUT2D eigenvalue weighted by Crippen LogP contribution is 2.28. The van der Waals surface area contributed by atoms with Gasteiger partial charge in [-0.25, -0.2) is 19.2 Å². The van der Waals surface area contributed by atoms with E-state index in [2.05, 4.69) is 15.3 Å². The van der Waals surface area contributed by atoms with Crippen LogP contribution in [0.15, 0.2) is 18.5 Å². The molecule has 0 amide bonds. The number of hydrogen-bond acceptors (Lipinski definition) is 6. The predicted molar refractivity (Wildman–Crippen MR) is 72.8 cm³/mol. The molecule has 0 bridgehead atoms. The average Bonchev–Trinajstić information content (AvgIpc) is 2.45. The van der Waals surface area contributed by atoms with Crippen LogP contribution in [0.3, 0.4) is 0 Å². The number of nitrogens with one attached hydrogen (secondary N) is 1. The molecule has 8 heteroatoms. The number of anilines is 1. The lowest BCUT2D eigenvalue weighted by Crippen LogP contribution is -2.42. The summed E-state index contributed by atoms with van der Waals surface area (Å²) in [7, 11) is 1.34. The number of benzene rings is 1. The molecule has 1 heterocycles. The van der Waals surface area contributed by atoms with Crippen LogP contribution < -0.4 is 10.1 Å². The topological polar surface area (TPSA) is 105 Å². The van der Waals surface area contributed by atoms with Crippen molar-refractivity contribution in [2.45, 2.75) is 12.5 Å². The highest BCUT2D eigenvalue weighted by molar-refractivity contribution is 5.90. The van der Waals surface area contributed by atoms with Gasteiger partial charge >= 0.3 is 5.97 Å². The van der Waals surface area contributed by atoms with E-state index >= 15 is 0 Å². The highest BCUT2D eigenvalue weighted by atomic mass is 19.1. The van der Waals surface area contributed by atoms with Gasteiger partial charge in [-0.3, -0.25) is 0 Å². The largest absolute Gasteiger partial charge is 0.494 e. The van der Waals surface area contributed by atoms with Crippen molar-refractivity contribution >= 4 is 22.7 Å². The number of carboxylic acids is 1. The summed E-state index contributed by atoms with van der Waals surface area (Å²) in [6.07, 6.45) is 1.14. The molecule has 7 nitrogen and oxygen atoms in total. The Balaban J connectivity index is 2.38. The maximum Gasteiger partial charge on any atom is 0.337 e. The fourth-order valence-electron chi connectivity index (χ4n) is 1.71. The Bertz CT molecular complexity index is 690. The van der Waals surface area contributed by atoms with E-state index in [9.17, 15) is 14.3 Å². The zero-order chi connectivity index (χ0) is 15.6. The number of aliphatic hydroxyl groups is 1. The van der Waals surface area contributed by atoms with Gasteiger partial charge in [0.05, 0.1) is 13.7 Å². The van der Waals surface area contributed by atoms with Gasteiger partial charge in [0.2, 0.25) is 0 Å². The first kappa shape index (κ1) is 14.9. The van der Waals surface area contributed by atoms with Crippen molar-refractivity contribution in [2.75, 3.05) is 19.0 Å². The first-order valence-electron chi connectivity index (χ1n) is 6.03. The third-order valence-corrected chi connectivity index (χ3v) is 2.99. The summed E-state index contributed by atoms with van der Waals surface area (Å²) in [5.74, 6) is -1.74. The number of carboxylic acid groups (broad SMARTS) is 1. The molecule has 3 N–H and O–H groups in total. The zero-order valence-corrected chi connectivity index (χ0v) is 11.4. The Morgan fingerprint density at radius 1 is 1.48 bits per heavy atom. The Hall–Kier alpha value is -2.48. The molecule has 1 aromatic heterocycles. The third-order valence-electron chi connectivity index (χ3n) is 2.99.